The number of nitrogens with one attached hydrogen (secondary N) is 2. The number of aromatic nitrogens is 3. The van der Waals surface area contributed by atoms with Gasteiger partial charge in [0, 0.05) is 6.54 Å². The molecule has 0 aromatic carbocycles. The van der Waals surface area contributed by atoms with Crippen LogP contribution < -0.4 is 20.5 Å². The first-order valence-electron chi connectivity index (χ1n) is 5.26. The molecule has 0 fully saturated rings. The van der Waals surface area contributed by atoms with Crippen LogP contribution in [0.3, 0.4) is 0 Å². The van der Waals surface area contributed by atoms with Gasteiger partial charge >= 0.3 is 6.01 Å². The van der Waals surface area contributed by atoms with Gasteiger partial charge in [0.05, 0.1) is 12.4 Å². The highest BCUT2D eigenvalue weighted by Gasteiger charge is 2.08. The highest BCUT2D eigenvalue weighted by Crippen LogP contribution is 2.08. The lowest BCUT2D eigenvalue weighted by atomic mass is 10.7. The molecule has 0 bridgehead atoms. The molecule has 0 amide bonds. The Bertz CT molecular complexity index is 492. The van der Waals surface area contributed by atoms with Crippen LogP contribution in [0.25, 0.3) is 0 Å². The standard InChI is InChI=1S/C8H16N6O3S/c1-3-17-8-13-6(9)12-7(14-8)11-4-5-18(15,16)10-2/h10H,3-5H2,1-2H3,(H3,9,11,12,13,14). The van der Waals surface area contributed by atoms with Crippen molar-refractivity contribution < 1.29 is 13.2 Å². The van der Waals surface area contributed by atoms with Gasteiger partial charge in [0.1, 0.15) is 0 Å². The Morgan fingerprint density at radius 2 is 2.06 bits per heavy atom. The summed E-state index contributed by atoms with van der Waals surface area (Å²) < 4.78 is 29.6. The average Bonchev–Trinajstić information content (AvgIpc) is 2.28. The number of nitrogen functional groups attached to an aromatic ring is 1. The smallest absolute Gasteiger partial charge is 0.323 e. The summed E-state index contributed by atoms with van der Waals surface area (Å²) in [5.74, 6) is 0.0867. The summed E-state index contributed by atoms with van der Waals surface area (Å²) in [6, 6.07) is 0.101. The van der Waals surface area contributed by atoms with Crippen LogP contribution in [0, 0.1) is 0 Å². The molecule has 10 heteroatoms. The lowest BCUT2D eigenvalue weighted by Crippen LogP contribution is -2.26. The first kappa shape index (κ1) is 14.4. The first-order valence-corrected chi connectivity index (χ1v) is 6.91. The highest BCUT2D eigenvalue weighted by molar-refractivity contribution is 7.89. The minimum absolute atomic E-state index is 0.00687. The van der Waals surface area contributed by atoms with E-state index in [1.54, 1.807) is 6.92 Å². The SMILES string of the molecule is CCOc1nc(N)nc(NCCS(=O)(=O)NC)n1. The largest absolute Gasteiger partial charge is 0.464 e. The average molecular weight is 276 g/mol. The maximum atomic E-state index is 11.2. The van der Waals surface area contributed by atoms with Gasteiger partial charge in [-0.2, -0.15) is 15.0 Å². The maximum absolute atomic E-state index is 11.2. The fourth-order valence-electron chi connectivity index (χ4n) is 1.04. The Balaban J connectivity index is 2.62. The molecule has 0 aliphatic carbocycles. The van der Waals surface area contributed by atoms with Crippen LogP contribution in [0.15, 0.2) is 0 Å². The second-order valence-corrected chi connectivity index (χ2v) is 5.23. The zero-order valence-corrected chi connectivity index (χ0v) is 11.0. The van der Waals surface area contributed by atoms with Gasteiger partial charge in [-0.1, -0.05) is 0 Å². The van der Waals surface area contributed by atoms with Crippen molar-refractivity contribution in [2.45, 2.75) is 6.92 Å². The van der Waals surface area contributed by atoms with E-state index in [4.69, 9.17) is 10.5 Å². The molecule has 0 saturated heterocycles. The third-order valence-electron chi connectivity index (χ3n) is 1.87. The topological polar surface area (TPSA) is 132 Å². The minimum Gasteiger partial charge on any atom is -0.464 e. The fraction of sp³-hybridized carbons (Fsp3) is 0.625. The van der Waals surface area contributed by atoms with E-state index in [2.05, 4.69) is 25.0 Å². The summed E-state index contributed by atoms with van der Waals surface area (Å²) in [7, 11) is -1.92. The van der Waals surface area contributed by atoms with Crippen LogP contribution in [0.4, 0.5) is 11.9 Å². The van der Waals surface area contributed by atoms with Crippen molar-refractivity contribution >= 4 is 21.9 Å². The summed E-state index contributed by atoms with van der Waals surface area (Å²) >= 11 is 0. The molecule has 1 heterocycles. The number of nitrogens with two attached hydrogens (primary N) is 1. The molecule has 0 saturated carbocycles. The van der Waals surface area contributed by atoms with Crippen LogP contribution >= 0.6 is 0 Å². The van der Waals surface area contributed by atoms with Crippen LogP contribution in [-0.4, -0.2) is 49.3 Å². The molecule has 18 heavy (non-hydrogen) atoms. The number of ether oxygens (including phenoxy) is 1. The molecule has 0 unspecified atom stereocenters. The Hall–Kier alpha value is -1.68. The van der Waals surface area contributed by atoms with Gasteiger partial charge < -0.3 is 15.8 Å². The molecule has 0 aliphatic rings. The van der Waals surface area contributed by atoms with E-state index >= 15 is 0 Å². The Kier molecular flexibility index (Phi) is 5.04. The van der Waals surface area contributed by atoms with E-state index in [0.717, 1.165) is 0 Å². The van der Waals surface area contributed by atoms with Crippen molar-refractivity contribution in [3.63, 3.8) is 0 Å². The van der Waals surface area contributed by atoms with Gasteiger partial charge in [0.2, 0.25) is 21.9 Å². The number of anilines is 2. The minimum atomic E-state index is -3.27. The molecule has 1 rings (SSSR count). The Morgan fingerprint density at radius 3 is 2.67 bits per heavy atom. The van der Waals surface area contributed by atoms with Crippen LogP contribution in [0.2, 0.25) is 0 Å². The highest BCUT2D eigenvalue weighted by atomic mass is 32.2. The molecule has 0 radical (unpaired) electrons. The lowest BCUT2D eigenvalue weighted by Gasteiger charge is -2.07. The van der Waals surface area contributed by atoms with Crippen molar-refractivity contribution in [3.05, 3.63) is 0 Å². The molecular weight excluding hydrogens is 260 g/mol. The molecule has 9 nitrogen and oxygen atoms in total. The van der Waals surface area contributed by atoms with E-state index in [-0.39, 0.29) is 30.2 Å². The monoisotopic (exact) mass is 276 g/mol. The molecule has 102 valence electrons. The zero-order valence-electron chi connectivity index (χ0n) is 10.2. The van der Waals surface area contributed by atoms with Crippen LogP contribution in [0.1, 0.15) is 6.92 Å². The van der Waals surface area contributed by atoms with Crippen molar-refractivity contribution in [1.29, 1.82) is 0 Å². The van der Waals surface area contributed by atoms with Crippen LogP contribution in [-0.2, 0) is 10.0 Å². The maximum Gasteiger partial charge on any atom is 0.323 e. The molecular formula is C8H16N6O3S. The lowest BCUT2D eigenvalue weighted by molar-refractivity contribution is 0.312. The summed E-state index contributed by atoms with van der Waals surface area (Å²) in [6.07, 6.45) is 0. The molecule has 4 N–H and O–H groups in total. The second-order valence-electron chi connectivity index (χ2n) is 3.18. The third-order valence-corrected chi connectivity index (χ3v) is 3.23. The third kappa shape index (κ3) is 4.67. The number of hydrogen-bond donors (Lipinski definition) is 3. The summed E-state index contributed by atoms with van der Waals surface area (Å²) in [6.45, 7) is 2.34. The van der Waals surface area contributed by atoms with E-state index in [1.807, 2.05) is 0 Å². The van der Waals surface area contributed by atoms with Gasteiger partial charge in [0.25, 0.3) is 0 Å². The van der Waals surface area contributed by atoms with Gasteiger partial charge in [-0.15, -0.1) is 0 Å². The van der Waals surface area contributed by atoms with Crippen molar-refractivity contribution in [3.8, 4) is 6.01 Å². The van der Waals surface area contributed by atoms with E-state index in [0.29, 0.717) is 6.61 Å². The molecule has 0 spiro atoms. The van der Waals surface area contributed by atoms with Crippen molar-refractivity contribution in [2.24, 2.45) is 0 Å². The van der Waals surface area contributed by atoms with Crippen molar-refractivity contribution in [1.82, 2.24) is 19.7 Å². The predicted molar refractivity (Wildman–Crippen MR) is 66.7 cm³/mol. The number of hydrogen-bond acceptors (Lipinski definition) is 8. The van der Waals surface area contributed by atoms with Gasteiger partial charge in [-0.05, 0) is 14.0 Å². The fourth-order valence-corrected chi connectivity index (χ4v) is 1.62. The number of sulfonamides is 1. The second kappa shape index (κ2) is 6.31. The quantitative estimate of drug-likeness (QED) is 0.566. The van der Waals surface area contributed by atoms with E-state index < -0.39 is 10.0 Å². The Morgan fingerprint density at radius 1 is 1.33 bits per heavy atom. The first-order chi connectivity index (χ1) is 8.46. The summed E-state index contributed by atoms with van der Waals surface area (Å²) in [5, 5.41) is 2.73. The van der Waals surface area contributed by atoms with E-state index in [9.17, 15) is 8.42 Å². The normalized spacial score (nSPS) is 11.2. The van der Waals surface area contributed by atoms with Gasteiger partial charge in [0.15, 0.2) is 0 Å². The van der Waals surface area contributed by atoms with Gasteiger partial charge in [-0.25, -0.2) is 13.1 Å². The Labute approximate surface area is 105 Å². The molecule has 0 atom stereocenters. The molecule has 0 aliphatic heterocycles. The summed E-state index contributed by atoms with van der Waals surface area (Å²) in [5.41, 5.74) is 5.46. The van der Waals surface area contributed by atoms with E-state index in [1.165, 1.54) is 7.05 Å². The van der Waals surface area contributed by atoms with Gasteiger partial charge in [-0.3, -0.25) is 0 Å². The summed E-state index contributed by atoms with van der Waals surface area (Å²) in [4.78, 5) is 11.5. The zero-order chi connectivity index (χ0) is 13.6. The molecule has 1 aromatic heterocycles. The molecule has 1 aromatic rings. The van der Waals surface area contributed by atoms with Crippen molar-refractivity contribution in [2.75, 3.05) is 37.0 Å². The predicted octanol–water partition coefficient (Wildman–Crippen LogP) is -1.19. The van der Waals surface area contributed by atoms with Crippen LogP contribution in [0.5, 0.6) is 6.01 Å². The number of rotatable bonds is 7. The number of nitrogens with zero attached hydrogens (tertiary/aromatic N) is 3.